The maximum atomic E-state index is 13.1. The van der Waals surface area contributed by atoms with Crippen LogP contribution in [0.15, 0.2) is 55.6 Å². The van der Waals surface area contributed by atoms with Gasteiger partial charge in [-0.15, -0.1) is 13.2 Å². The molecule has 7 nitrogen and oxygen atoms in total. The molecule has 0 aliphatic carbocycles. The summed E-state index contributed by atoms with van der Waals surface area (Å²) in [5, 5.41) is 12.5. The number of carbonyl (C=O) groups is 3. The van der Waals surface area contributed by atoms with Gasteiger partial charge in [0.1, 0.15) is 6.61 Å². The van der Waals surface area contributed by atoms with Crippen molar-refractivity contribution in [3.63, 3.8) is 0 Å². The van der Waals surface area contributed by atoms with E-state index in [2.05, 4.69) is 18.5 Å². The van der Waals surface area contributed by atoms with Gasteiger partial charge in [0.25, 0.3) is 0 Å². The Morgan fingerprint density at radius 1 is 1.21 bits per heavy atom. The third kappa shape index (κ3) is 8.50. The van der Waals surface area contributed by atoms with Crippen molar-refractivity contribution < 1.29 is 24.2 Å². The average molecular weight is 457 g/mol. The van der Waals surface area contributed by atoms with E-state index in [0.717, 1.165) is 24.8 Å². The molecular formula is C26H36N2O5. The summed E-state index contributed by atoms with van der Waals surface area (Å²) in [5.41, 5.74) is 0.813. The zero-order valence-electron chi connectivity index (χ0n) is 19.3. The van der Waals surface area contributed by atoms with Gasteiger partial charge in [-0.1, -0.05) is 42.5 Å². The number of ether oxygens (including phenoxy) is 1. The molecule has 3 atom stereocenters. The lowest BCUT2D eigenvalue weighted by Crippen LogP contribution is -2.42. The zero-order valence-corrected chi connectivity index (χ0v) is 19.3. The van der Waals surface area contributed by atoms with Crippen LogP contribution in [0.1, 0.15) is 56.6 Å². The Hall–Kier alpha value is -2.93. The average Bonchev–Trinajstić information content (AvgIpc) is 3.31. The fourth-order valence-corrected chi connectivity index (χ4v) is 4.00. The number of nitrogens with zero attached hydrogens (tertiary/aromatic N) is 1. The standard InChI is InChI=1S/C26H36N2O5/c1-3-5-7-15-25(31)33-19-23(20-12-8-6-9-13-20)27-26(32)21(11-4-2)17-24(30)28-16-10-14-22(28)18-29/h3-4,6,8-9,12-13,21-23,29H,1-2,5,7,10-11,14-19H2,(H,27,32)/t21-,22-,23+/m0/s1. The van der Waals surface area contributed by atoms with Crippen molar-refractivity contribution in [2.24, 2.45) is 5.92 Å². The van der Waals surface area contributed by atoms with Crippen LogP contribution in [-0.4, -0.2) is 53.6 Å². The first-order valence-corrected chi connectivity index (χ1v) is 11.6. The van der Waals surface area contributed by atoms with Crippen LogP contribution in [0.25, 0.3) is 0 Å². The van der Waals surface area contributed by atoms with Crippen LogP contribution in [-0.2, 0) is 19.1 Å². The molecule has 1 heterocycles. The van der Waals surface area contributed by atoms with Crippen molar-refractivity contribution in [1.82, 2.24) is 10.2 Å². The Kier molecular flexibility index (Phi) is 11.4. The molecule has 0 unspecified atom stereocenters. The molecule has 1 aromatic carbocycles. The number of rotatable bonds is 14. The first kappa shape index (κ1) is 26.3. The number of likely N-dealkylation sites (tertiary alicyclic amines) is 1. The molecule has 1 aliphatic heterocycles. The lowest BCUT2D eigenvalue weighted by molar-refractivity contribution is -0.145. The fraction of sp³-hybridized carbons (Fsp3) is 0.500. The first-order valence-electron chi connectivity index (χ1n) is 11.6. The van der Waals surface area contributed by atoms with Gasteiger partial charge in [0.2, 0.25) is 11.8 Å². The zero-order chi connectivity index (χ0) is 24.1. The minimum Gasteiger partial charge on any atom is -0.463 e. The van der Waals surface area contributed by atoms with Crippen molar-refractivity contribution in [2.75, 3.05) is 19.8 Å². The number of aliphatic hydroxyl groups is 1. The number of esters is 1. The second-order valence-electron chi connectivity index (χ2n) is 8.33. The van der Waals surface area contributed by atoms with Gasteiger partial charge in [0, 0.05) is 19.4 Å². The van der Waals surface area contributed by atoms with Crippen molar-refractivity contribution in [3.05, 3.63) is 61.2 Å². The minimum absolute atomic E-state index is 0.0101. The van der Waals surface area contributed by atoms with Crippen molar-refractivity contribution in [3.8, 4) is 0 Å². The number of amides is 2. The van der Waals surface area contributed by atoms with E-state index in [1.54, 1.807) is 17.1 Å². The molecule has 1 aliphatic rings. The summed E-state index contributed by atoms with van der Waals surface area (Å²) in [4.78, 5) is 39.7. The van der Waals surface area contributed by atoms with Crippen LogP contribution in [0.3, 0.4) is 0 Å². The van der Waals surface area contributed by atoms with Gasteiger partial charge >= 0.3 is 5.97 Å². The number of hydrogen-bond donors (Lipinski definition) is 2. The second-order valence-corrected chi connectivity index (χ2v) is 8.33. The lowest BCUT2D eigenvalue weighted by atomic mass is 9.98. The summed E-state index contributed by atoms with van der Waals surface area (Å²) < 4.78 is 5.43. The van der Waals surface area contributed by atoms with E-state index < -0.39 is 12.0 Å². The molecule has 1 saturated heterocycles. The van der Waals surface area contributed by atoms with E-state index in [4.69, 9.17) is 4.74 Å². The minimum atomic E-state index is -0.593. The number of allylic oxidation sites excluding steroid dienone is 2. The van der Waals surface area contributed by atoms with E-state index in [0.29, 0.717) is 19.4 Å². The summed E-state index contributed by atoms with van der Waals surface area (Å²) in [6.45, 7) is 7.91. The van der Waals surface area contributed by atoms with Gasteiger partial charge in [0.05, 0.1) is 24.6 Å². The highest BCUT2D eigenvalue weighted by Gasteiger charge is 2.31. The van der Waals surface area contributed by atoms with Gasteiger partial charge in [-0.05, 0) is 37.7 Å². The van der Waals surface area contributed by atoms with E-state index in [1.807, 2.05) is 30.3 Å². The molecule has 2 amide bonds. The number of nitrogens with one attached hydrogen (secondary N) is 1. The van der Waals surface area contributed by atoms with Crippen LogP contribution in [0.4, 0.5) is 0 Å². The van der Waals surface area contributed by atoms with Crippen LogP contribution in [0.2, 0.25) is 0 Å². The predicted molar refractivity (Wildman–Crippen MR) is 127 cm³/mol. The topological polar surface area (TPSA) is 95.9 Å². The Morgan fingerprint density at radius 2 is 1.97 bits per heavy atom. The third-order valence-electron chi connectivity index (χ3n) is 5.87. The summed E-state index contributed by atoms with van der Waals surface area (Å²) in [7, 11) is 0. The number of unbranched alkanes of at least 4 members (excludes halogenated alkanes) is 1. The number of hydrogen-bond acceptors (Lipinski definition) is 5. The number of aliphatic hydroxyl groups excluding tert-OH is 1. The van der Waals surface area contributed by atoms with E-state index in [-0.39, 0.29) is 49.9 Å². The Balaban J connectivity index is 2.04. The summed E-state index contributed by atoms with van der Waals surface area (Å²) in [6, 6.07) is 8.60. The molecule has 0 spiro atoms. The number of benzene rings is 1. The van der Waals surface area contributed by atoms with Gasteiger partial charge < -0.3 is 20.1 Å². The largest absolute Gasteiger partial charge is 0.463 e. The van der Waals surface area contributed by atoms with E-state index >= 15 is 0 Å². The molecule has 0 aromatic heterocycles. The molecule has 1 aromatic rings. The lowest BCUT2D eigenvalue weighted by Gasteiger charge is -2.26. The van der Waals surface area contributed by atoms with E-state index in [9.17, 15) is 19.5 Å². The summed E-state index contributed by atoms with van der Waals surface area (Å²) >= 11 is 0. The highest BCUT2D eigenvalue weighted by molar-refractivity contribution is 5.86. The number of carbonyl (C=O) groups excluding carboxylic acids is 3. The Labute approximate surface area is 196 Å². The molecule has 180 valence electrons. The monoisotopic (exact) mass is 456 g/mol. The Morgan fingerprint density at radius 3 is 2.64 bits per heavy atom. The Bertz CT molecular complexity index is 795. The molecular weight excluding hydrogens is 420 g/mol. The normalized spacial score (nSPS) is 17.1. The maximum Gasteiger partial charge on any atom is 0.305 e. The van der Waals surface area contributed by atoms with Gasteiger partial charge in [-0.2, -0.15) is 0 Å². The van der Waals surface area contributed by atoms with Gasteiger partial charge in [-0.25, -0.2) is 0 Å². The highest BCUT2D eigenvalue weighted by Crippen LogP contribution is 2.22. The SMILES string of the molecule is C=CCCCC(=O)OC[C@@H](NC(=O)[C@@H](CC=C)CC(=O)N1CCC[C@H]1CO)c1ccccc1. The van der Waals surface area contributed by atoms with Gasteiger partial charge in [-0.3, -0.25) is 14.4 Å². The second kappa shape index (κ2) is 14.3. The third-order valence-corrected chi connectivity index (χ3v) is 5.87. The van der Waals surface area contributed by atoms with Crippen LogP contribution in [0.5, 0.6) is 0 Å². The first-order chi connectivity index (χ1) is 16.0. The molecule has 0 saturated carbocycles. The molecule has 0 radical (unpaired) electrons. The van der Waals surface area contributed by atoms with Crippen molar-refractivity contribution >= 4 is 17.8 Å². The van der Waals surface area contributed by atoms with Crippen molar-refractivity contribution in [2.45, 2.75) is 57.0 Å². The summed E-state index contributed by atoms with van der Waals surface area (Å²) in [5.74, 6) is -1.35. The maximum absolute atomic E-state index is 13.1. The molecule has 7 heteroatoms. The molecule has 2 rings (SSSR count). The fourth-order valence-electron chi connectivity index (χ4n) is 4.00. The molecule has 0 bridgehead atoms. The van der Waals surface area contributed by atoms with Gasteiger partial charge in [0.15, 0.2) is 0 Å². The predicted octanol–water partition coefficient (Wildman–Crippen LogP) is 3.31. The smallest absolute Gasteiger partial charge is 0.305 e. The quantitative estimate of drug-likeness (QED) is 0.254. The molecule has 1 fully saturated rings. The van der Waals surface area contributed by atoms with Crippen LogP contribution >= 0.6 is 0 Å². The van der Waals surface area contributed by atoms with Crippen LogP contribution < -0.4 is 5.32 Å². The molecule has 33 heavy (non-hydrogen) atoms. The van der Waals surface area contributed by atoms with Crippen LogP contribution in [0, 0.1) is 5.92 Å². The molecule has 2 N–H and O–H groups in total. The van der Waals surface area contributed by atoms with E-state index in [1.165, 1.54) is 0 Å². The summed E-state index contributed by atoms with van der Waals surface area (Å²) in [6.07, 6.45) is 7.08. The van der Waals surface area contributed by atoms with Crippen molar-refractivity contribution in [1.29, 1.82) is 0 Å². The highest BCUT2D eigenvalue weighted by atomic mass is 16.5.